The highest BCUT2D eigenvalue weighted by Crippen LogP contribution is 2.15. The molecule has 5 nitrogen and oxygen atoms in total. The van der Waals surface area contributed by atoms with Crippen LogP contribution in [0.25, 0.3) is 0 Å². The Kier molecular flexibility index (Phi) is 3.56. The van der Waals surface area contributed by atoms with E-state index in [-0.39, 0.29) is 0 Å². The maximum Gasteiger partial charge on any atom is 0.233 e. The van der Waals surface area contributed by atoms with E-state index in [9.17, 15) is 0 Å². The van der Waals surface area contributed by atoms with Crippen LogP contribution in [-0.2, 0) is 0 Å². The molecule has 2 rings (SSSR count). The molecule has 88 valence electrons. The van der Waals surface area contributed by atoms with Crippen molar-refractivity contribution in [3.63, 3.8) is 0 Å². The number of nitrogens with zero attached hydrogens (tertiary/aromatic N) is 2. The van der Waals surface area contributed by atoms with Gasteiger partial charge in [0.15, 0.2) is 0 Å². The van der Waals surface area contributed by atoms with E-state index < -0.39 is 0 Å². The Bertz CT molecular complexity index is 345. The Hall–Kier alpha value is -1.36. The van der Waals surface area contributed by atoms with Crippen LogP contribution in [0.3, 0.4) is 0 Å². The molecule has 2 atom stereocenters. The second-order valence-corrected chi connectivity index (χ2v) is 4.08. The summed E-state index contributed by atoms with van der Waals surface area (Å²) in [6, 6.07) is 0.872. The highest BCUT2D eigenvalue weighted by atomic mass is 16.5. The Morgan fingerprint density at radius 1 is 1.50 bits per heavy atom. The summed E-state index contributed by atoms with van der Waals surface area (Å²) in [5.74, 6) is 1.32. The molecule has 2 unspecified atom stereocenters. The molecule has 1 aromatic rings. The number of aromatic nitrogens is 2. The number of ether oxygens (including phenoxy) is 1. The van der Waals surface area contributed by atoms with E-state index in [4.69, 9.17) is 4.74 Å². The van der Waals surface area contributed by atoms with Crippen LogP contribution in [-0.4, -0.2) is 35.7 Å². The van der Waals surface area contributed by atoms with Gasteiger partial charge in [0.05, 0.1) is 19.5 Å². The van der Waals surface area contributed by atoms with Crippen molar-refractivity contribution in [2.75, 3.05) is 19.0 Å². The number of piperidine rings is 1. The van der Waals surface area contributed by atoms with Crippen LogP contribution < -0.4 is 15.4 Å². The molecule has 0 aliphatic carbocycles. The van der Waals surface area contributed by atoms with Crippen molar-refractivity contribution in [1.82, 2.24) is 15.3 Å². The summed E-state index contributed by atoms with van der Waals surface area (Å²) in [6.07, 6.45) is 5.68. The predicted molar refractivity (Wildman–Crippen MR) is 62.7 cm³/mol. The Balaban J connectivity index is 2.01. The summed E-state index contributed by atoms with van der Waals surface area (Å²) in [4.78, 5) is 8.37. The number of hydrogen-bond donors (Lipinski definition) is 2. The molecular weight excluding hydrogens is 204 g/mol. The first-order valence-electron chi connectivity index (χ1n) is 5.65. The highest BCUT2D eigenvalue weighted by Gasteiger charge is 2.20. The molecule has 0 saturated carbocycles. The Morgan fingerprint density at radius 3 is 3.12 bits per heavy atom. The molecule has 0 spiro atoms. The fourth-order valence-corrected chi connectivity index (χ4v) is 1.95. The lowest BCUT2D eigenvalue weighted by Crippen LogP contribution is -2.46. The Morgan fingerprint density at radius 2 is 2.38 bits per heavy atom. The topological polar surface area (TPSA) is 59.1 Å². The summed E-state index contributed by atoms with van der Waals surface area (Å²) in [7, 11) is 1.60. The van der Waals surface area contributed by atoms with Gasteiger partial charge < -0.3 is 15.4 Å². The number of methoxy groups -OCH3 is 1. The van der Waals surface area contributed by atoms with Crippen molar-refractivity contribution in [1.29, 1.82) is 0 Å². The predicted octanol–water partition coefficient (Wildman–Crippen LogP) is 1.04. The van der Waals surface area contributed by atoms with Gasteiger partial charge in [-0.05, 0) is 26.3 Å². The molecule has 5 heteroatoms. The van der Waals surface area contributed by atoms with Crippen LogP contribution >= 0.6 is 0 Å². The minimum Gasteiger partial charge on any atom is -0.480 e. The summed E-state index contributed by atoms with van der Waals surface area (Å²) in [5.41, 5.74) is 0. The van der Waals surface area contributed by atoms with Crippen molar-refractivity contribution >= 4 is 5.82 Å². The highest BCUT2D eigenvalue weighted by molar-refractivity contribution is 5.35. The minimum absolute atomic E-state index is 0.412. The second-order valence-electron chi connectivity index (χ2n) is 4.08. The molecule has 0 aromatic carbocycles. The van der Waals surface area contributed by atoms with E-state index in [2.05, 4.69) is 27.5 Å². The maximum atomic E-state index is 5.04. The van der Waals surface area contributed by atoms with Crippen LogP contribution in [0.15, 0.2) is 12.4 Å². The summed E-state index contributed by atoms with van der Waals surface area (Å²) < 4.78 is 5.04. The molecule has 1 aliphatic heterocycles. The van der Waals surface area contributed by atoms with Gasteiger partial charge in [-0.2, -0.15) is 4.98 Å². The van der Waals surface area contributed by atoms with E-state index in [0.29, 0.717) is 18.0 Å². The second kappa shape index (κ2) is 5.12. The van der Waals surface area contributed by atoms with E-state index >= 15 is 0 Å². The lowest BCUT2D eigenvalue weighted by atomic mass is 10.00. The third kappa shape index (κ3) is 2.61. The van der Waals surface area contributed by atoms with Crippen molar-refractivity contribution in [3.8, 4) is 5.88 Å². The molecule has 2 N–H and O–H groups in total. The largest absolute Gasteiger partial charge is 0.480 e. The van der Waals surface area contributed by atoms with Gasteiger partial charge in [0.1, 0.15) is 5.82 Å². The minimum atomic E-state index is 0.412. The van der Waals surface area contributed by atoms with Crippen LogP contribution in [0.1, 0.15) is 19.8 Å². The SMILES string of the molecule is COc1cncc(NC2CCCNC2C)n1. The molecular formula is C11H18N4O. The van der Waals surface area contributed by atoms with Crippen LogP contribution in [0.2, 0.25) is 0 Å². The molecule has 1 aliphatic rings. The molecule has 0 radical (unpaired) electrons. The van der Waals surface area contributed by atoms with Gasteiger partial charge in [-0.25, -0.2) is 0 Å². The quantitative estimate of drug-likeness (QED) is 0.800. The molecule has 0 bridgehead atoms. The van der Waals surface area contributed by atoms with Crippen LogP contribution in [0, 0.1) is 0 Å². The van der Waals surface area contributed by atoms with Gasteiger partial charge in [0.25, 0.3) is 0 Å². The van der Waals surface area contributed by atoms with Gasteiger partial charge in [0, 0.05) is 12.1 Å². The molecule has 1 fully saturated rings. The fourth-order valence-electron chi connectivity index (χ4n) is 1.95. The number of anilines is 1. The van der Waals surface area contributed by atoms with Crippen LogP contribution in [0.5, 0.6) is 5.88 Å². The smallest absolute Gasteiger partial charge is 0.233 e. The third-order valence-corrected chi connectivity index (χ3v) is 2.92. The average Bonchev–Trinajstić information content (AvgIpc) is 2.32. The molecule has 16 heavy (non-hydrogen) atoms. The van der Waals surface area contributed by atoms with Gasteiger partial charge in [0.2, 0.25) is 5.88 Å². The summed E-state index contributed by atoms with van der Waals surface area (Å²) >= 11 is 0. The van der Waals surface area contributed by atoms with E-state index in [1.54, 1.807) is 19.5 Å². The molecule has 1 saturated heterocycles. The van der Waals surface area contributed by atoms with Gasteiger partial charge >= 0.3 is 0 Å². The molecule has 0 amide bonds. The zero-order chi connectivity index (χ0) is 11.4. The number of hydrogen-bond acceptors (Lipinski definition) is 5. The van der Waals surface area contributed by atoms with Crippen molar-refractivity contribution in [3.05, 3.63) is 12.4 Å². The number of rotatable bonds is 3. The zero-order valence-electron chi connectivity index (χ0n) is 9.73. The first-order chi connectivity index (χ1) is 7.79. The van der Waals surface area contributed by atoms with E-state index in [0.717, 1.165) is 18.8 Å². The van der Waals surface area contributed by atoms with Crippen molar-refractivity contribution < 1.29 is 4.74 Å². The van der Waals surface area contributed by atoms with Crippen molar-refractivity contribution in [2.24, 2.45) is 0 Å². The molecule has 2 heterocycles. The van der Waals surface area contributed by atoms with Gasteiger partial charge in [-0.1, -0.05) is 0 Å². The molecule has 1 aromatic heterocycles. The lowest BCUT2D eigenvalue weighted by Gasteiger charge is -2.30. The summed E-state index contributed by atoms with van der Waals surface area (Å²) in [5, 5.41) is 6.83. The monoisotopic (exact) mass is 222 g/mol. The average molecular weight is 222 g/mol. The van der Waals surface area contributed by atoms with Crippen LogP contribution in [0.4, 0.5) is 5.82 Å². The standard InChI is InChI=1S/C11H18N4O/c1-8-9(4-3-5-13-8)14-10-6-12-7-11(15-10)16-2/h6-9,13H,3-5H2,1-2H3,(H,14,15). The van der Waals surface area contributed by atoms with Gasteiger partial charge in [-0.3, -0.25) is 4.98 Å². The lowest BCUT2D eigenvalue weighted by molar-refractivity contribution is 0.384. The zero-order valence-corrected chi connectivity index (χ0v) is 9.73. The first kappa shape index (κ1) is 11.1. The van der Waals surface area contributed by atoms with Crippen molar-refractivity contribution in [2.45, 2.75) is 31.8 Å². The van der Waals surface area contributed by atoms with E-state index in [1.807, 2.05) is 0 Å². The van der Waals surface area contributed by atoms with Gasteiger partial charge in [-0.15, -0.1) is 0 Å². The maximum absolute atomic E-state index is 5.04. The number of nitrogens with one attached hydrogen (secondary N) is 2. The van der Waals surface area contributed by atoms with E-state index in [1.165, 1.54) is 6.42 Å². The summed E-state index contributed by atoms with van der Waals surface area (Å²) in [6.45, 7) is 3.29. The normalized spacial score (nSPS) is 25.1. The third-order valence-electron chi connectivity index (χ3n) is 2.92. The first-order valence-corrected chi connectivity index (χ1v) is 5.65. The Labute approximate surface area is 95.6 Å². The fraction of sp³-hybridized carbons (Fsp3) is 0.636.